The predicted octanol–water partition coefficient (Wildman–Crippen LogP) is 3.44. The van der Waals surface area contributed by atoms with E-state index in [-0.39, 0.29) is 5.57 Å². The fourth-order valence-electron chi connectivity index (χ4n) is 1.21. The van der Waals surface area contributed by atoms with Crippen LogP contribution < -0.4 is 0 Å². The first-order valence-corrected chi connectivity index (χ1v) is 5.37. The van der Waals surface area contributed by atoms with E-state index in [4.69, 9.17) is 14.9 Å². The highest BCUT2D eigenvalue weighted by Gasteiger charge is 2.04. The Kier molecular flexibility index (Phi) is 2.86. The van der Waals surface area contributed by atoms with E-state index < -0.39 is 0 Å². The molecule has 0 radical (unpaired) electrons. The van der Waals surface area contributed by atoms with Crippen molar-refractivity contribution in [2.24, 2.45) is 0 Å². The Morgan fingerprint density at radius 1 is 1.25 bits per heavy atom. The molecule has 0 N–H and O–H groups in total. The lowest BCUT2D eigenvalue weighted by atomic mass is 10.2. The van der Waals surface area contributed by atoms with E-state index in [1.807, 2.05) is 23.6 Å². The summed E-state index contributed by atoms with van der Waals surface area (Å²) in [5, 5.41) is 19.2. The molecular weight excluding hydrogens is 220 g/mol. The van der Waals surface area contributed by atoms with Crippen LogP contribution in [0.2, 0.25) is 0 Å². The Hall–Kier alpha value is -2.30. The highest BCUT2D eigenvalue weighted by atomic mass is 32.1. The van der Waals surface area contributed by atoms with Gasteiger partial charge in [0.2, 0.25) is 0 Å². The van der Waals surface area contributed by atoms with Crippen molar-refractivity contribution in [1.29, 1.82) is 10.5 Å². The molecule has 0 spiro atoms. The van der Waals surface area contributed by atoms with Gasteiger partial charge in [0.25, 0.3) is 0 Å². The molecule has 0 saturated carbocycles. The summed E-state index contributed by atoms with van der Waals surface area (Å²) in [5.74, 6) is 1.26. The first kappa shape index (κ1) is 10.2. The maximum Gasteiger partial charge on any atom is 0.144 e. The molecule has 0 fully saturated rings. The lowest BCUT2D eigenvalue weighted by molar-refractivity contribution is 0.573. The summed E-state index contributed by atoms with van der Waals surface area (Å²) in [6.45, 7) is 0. The smallest absolute Gasteiger partial charge is 0.144 e. The molecule has 2 rings (SSSR count). The number of allylic oxidation sites excluding steroid dienone is 1. The molecule has 16 heavy (non-hydrogen) atoms. The van der Waals surface area contributed by atoms with Crippen LogP contribution in [0.25, 0.3) is 16.7 Å². The Morgan fingerprint density at radius 3 is 2.69 bits per heavy atom. The van der Waals surface area contributed by atoms with E-state index in [1.165, 1.54) is 6.08 Å². The highest BCUT2D eigenvalue weighted by Crippen LogP contribution is 2.27. The van der Waals surface area contributed by atoms with Crippen molar-refractivity contribution >= 4 is 17.4 Å². The number of hydrogen-bond donors (Lipinski definition) is 0. The average Bonchev–Trinajstić information content (AvgIpc) is 2.96. The normalized spacial score (nSPS) is 9.12. The molecule has 0 bridgehead atoms. The minimum absolute atomic E-state index is 0.0343. The number of nitriles is 2. The molecule has 0 saturated heterocycles. The molecule has 0 atom stereocenters. The number of thiophene rings is 1. The quantitative estimate of drug-likeness (QED) is 0.737. The lowest BCUT2D eigenvalue weighted by Gasteiger charge is -1.88. The van der Waals surface area contributed by atoms with Crippen LogP contribution in [0.1, 0.15) is 5.76 Å². The minimum Gasteiger partial charge on any atom is -0.456 e. The second-order valence-corrected chi connectivity index (χ2v) is 3.91. The van der Waals surface area contributed by atoms with Gasteiger partial charge in [0.05, 0.1) is 4.88 Å². The molecule has 4 heteroatoms. The Bertz CT molecular complexity index is 578. The molecule has 2 aromatic rings. The second-order valence-electron chi connectivity index (χ2n) is 2.96. The van der Waals surface area contributed by atoms with Gasteiger partial charge >= 0.3 is 0 Å². The third kappa shape index (κ3) is 2.03. The van der Waals surface area contributed by atoms with Crippen molar-refractivity contribution in [3.8, 4) is 22.8 Å². The van der Waals surface area contributed by atoms with Gasteiger partial charge in [0, 0.05) is 6.08 Å². The summed E-state index contributed by atoms with van der Waals surface area (Å²) in [7, 11) is 0. The summed E-state index contributed by atoms with van der Waals surface area (Å²) in [4.78, 5) is 1.02. The Morgan fingerprint density at radius 2 is 2.06 bits per heavy atom. The van der Waals surface area contributed by atoms with Crippen molar-refractivity contribution in [1.82, 2.24) is 0 Å². The molecule has 2 aromatic heterocycles. The molecule has 0 aliphatic carbocycles. The molecule has 0 amide bonds. The second kappa shape index (κ2) is 4.48. The summed E-state index contributed by atoms with van der Waals surface area (Å²) in [6, 6.07) is 11.0. The van der Waals surface area contributed by atoms with Crippen LogP contribution in [0.4, 0.5) is 0 Å². The van der Waals surface area contributed by atoms with Gasteiger partial charge < -0.3 is 4.42 Å². The SMILES string of the molecule is N#CC(C#N)=Cc1ccc(-c2cccs2)o1. The van der Waals surface area contributed by atoms with Crippen LogP contribution in [0.15, 0.2) is 39.6 Å². The highest BCUT2D eigenvalue weighted by molar-refractivity contribution is 7.13. The zero-order valence-electron chi connectivity index (χ0n) is 8.18. The van der Waals surface area contributed by atoms with Crippen LogP contribution in [0.5, 0.6) is 0 Å². The Balaban J connectivity index is 2.32. The van der Waals surface area contributed by atoms with Crippen molar-refractivity contribution in [3.05, 3.63) is 41.0 Å². The van der Waals surface area contributed by atoms with Crippen molar-refractivity contribution in [3.63, 3.8) is 0 Å². The molecule has 76 valence electrons. The largest absolute Gasteiger partial charge is 0.456 e. The van der Waals surface area contributed by atoms with Crippen LogP contribution in [-0.2, 0) is 0 Å². The van der Waals surface area contributed by atoms with Gasteiger partial charge in [-0.1, -0.05) is 6.07 Å². The predicted molar refractivity (Wildman–Crippen MR) is 61.2 cm³/mol. The van der Waals surface area contributed by atoms with Gasteiger partial charge in [-0.05, 0) is 23.6 Å². The van der Waals surface area contributed by atoms with Gasteiger partial charge in [-0.2, -0.15) is 10.5 Å². The first-order valence-electron chi connectivity index (χ1n) is 4.49. The van der Waals surface area contributed by atoms with Crippen molar-refractivity contribution in [2.75, 3.05) is 0 Å². The van der Waals surface area contributed by atoms with E-state index in [0.29, 0.717) is 5.76 Å². The third-order valence-corrected chi connectivity index (χ3v) is 2.80. The molecule has 0 aromatic carbocycles. The molecule has 0 unspecified atom stereocenters. The summed E-state index contributed by atoms with van der Waals surface area (Å²) in [6.07, 6.45) is 1.43. The van der Waals surface area contributed by atoms with Crippen LogP contribution >= 0.6 is 11.3 Å². The molecule has 2 heterocycles. The fraction of sp³-hybridized carbons (Fsp3) is 0. The van der Waals surface area contributed by atoms with E-state index in [2.05, 4.69) is 0 Å². The summed E-state index contributed by atoms with van der Waals surface area (Å²) < 4.78 is 5.49. The molecule has 0 aliphatic heterocycles. The topological polar surface area (TPSA) is 60.7 Å². The van der Waals surface area contributed by atoms with E-state index >= 15 is 0 Å². The Labute approximate surface area is 96.5 Å². The summed E-state index contributed by atoms with van der Waals surface area (Å²) in [5.41, 5.74) is 0.0343. The van der Waals surface area contributed by atoms with Crippen molar-refractivity contribution in [2.45, 2.75) is 0 Å². The number of furan rings is 1. The van der Waals surface area contributed by atoms with Crippen molar-refractivity contribution < 1.29 is 4.42 Å². The van der Waals surface area contributed by atoms with Crippen LogP contribution in [0, 0.1) is 22.7 Å². The van der Waals surface area contributed by atoms with Crippen LogP contribution in [-0.4, -0.2) is 0 Å². The lowest BCUT2D eigenvalue weighted by Crippen LogP contribution is -1.70. The number of rotatable bonds is 2. The zero-order valence-corrected chi connectivity index (χ0v) is 8.99. The standard InChI is InChI=1S/C12H6N2OS/c13-7-9(8-14)6-10-3-4-11(15-10)12-2-1-5-16-12/h1-6H. The van der Waals surface area contributed by atoms with Gasteiger partial charge in [-0.25, -0.2) is 0 Å². The third-order valence-electron chi connectivity index (χ3n) is 1.92. The summed E-state index contributed by atoms with van der Waals surface area (Å²) >= 11 is 1.58. The fourth-order valence-corrected chi connectivity index (χ4v) is 1.90. The van der Waals surface area contributed by atoms with Crippen LogP contribution in [0.3, 0.4) is 0 Å². The van der Waals surface area contributed by atoms with E-state index in [9.17, 15) is 0 Å². The maximum absolute atomic E-state index is 8.60. The zero-order chi connectivity index (χ0) is 11.4. The molecule has 0 aliphatic rings. The van der Waals surface area contributed by atoms with Gasteiger partial charge in [0.15, 0.2) is 0 Å². The monoisotopic (exact) mass is 226 g/mol. The first-order chi connectivity index (χ1) is 7.83. The van der Waals surface area contributed by atoms with Gasteiger partial charge in [0.1, 0.15) is 29.2 Å². The van der Waals surface area contributed by atoms with Gasteiger partial charge in [-0.15, -0.1) is 11.3 Å². The molecular formula is C12H6N2OS. The number of hydrogen-bond acceptors (Lipinski definition) is 4. The van der Waals surface area contributed by atoms with E-state index in [1.54, 1.807) is 29.5 Å². The number of nitrogens with zero attached hydrogens (tertiary/aromatic N) is 2. The maximum atomic E-state index is 8.60. The van der Waals surface area contributed by atoms with Gasteiger partial charge in [-0.3, -0.25) is 0 Å². The minimum atomic E-state index is 0.0343. The van der Waals surface area contributed by atoms with E-state index in [0.717, 1.165) is 10.6 Å². The average molecular weight is 226 g/mol. The molecule has 3 nitrogen and oxygen atoms in total.